The number of amides is 1. The third-order valence-electron chi connectivity index (χ3n) is 3.23. The molecule has 0 saturated heterocycles. The number of nitrogens with one attached hydrogen (secondary N) is 2. The Morgan fingerprint density at radius 3 is 2.70 bits per heavy atom. The number of H-pyrrole nitrogens is 1. The van der Waals surface area contributed by atoms with Gasteiger partial charge in [-0.05, 0) is 17.7 Å². The SMILES string of the molecule is O=C(NCc1ccn[nH]1)c1ccc(OCc2ccccc2)nc1. The average Bonchev–Trinajstić information content (AvgIpc) is 3.13. The van der Waals surface area contributed by atoms with Crippen molar-refractivity contribution >= 4 is 5.91 Å². The molecule has 3 aromatic rings. The predicted molar refractivity (Wildman–Crippen MR) is 84.8 cm³/mol. The number of hydrogen-bond donors (Lipinski definition) is 2. The molecule has 0 spiro atoms. The summed E-state index contributed by atoms with van der Waals surface area (Å²) in [6.07, 6.45) is 3.14. The van der Waals surface area contributed by atoms with Crippen molar-refractivity contribution in [3.05, 3.63) is 77.7 Å². The number of hydrogen-bond acceptors (Lipinski definition) is 4. The smallest absolute Gasteiger partial charge is 0.253 e. The molecule has 23 heavy (non-hydrogen) atoms. The molecule has 0 aliphatic heterocycles. The van der Waals surface area contributed by atoms with E-state index in [0.717, 1.165) is 11.3 Å². The molecule has 0 atom stereocenters. The Labute approximate surface area is 133 Å². The van der Waals surface area contributed by atoms with Gasteiger partial charge in [-0.1, -0.05) is 30.3 Å². The first kappa shape index (κ1) is 14.8. The summed E-state index contributed by atoms with van der Waals surface area (Å²) in [7, 11) is 0. The average molecular weight is 308 g/mol. The Bertz CT molecular complexity index is 740. The fourth-order valence-corrected chi connectivity index (χ4v) is 1.99. The lowest BCUT2D eigenvalue weighted by Crippen LogP contribution is -2.23. The minimum atomic E-state index is -0.193. The van der Waals surface area contributed by atoms with Crippen LogP contribution in [0.25, 0.3) is 0 Å². The van der Waals surface area contributed by atoms with Gasteiger partial charge in [-0.2, -0.15) is 5.10 Å². The second kappa shape index (κ2) is 7.22. The molecule has 0 bridgehead atoms. The van der Waals surface area contributed by atoms with E-state index in [9.17, 15) is 4.79 Å². The third-order valence-corrected chi connectivity index (χ3v) is 3.23. The van der Waals surface area contributed by atoms with E-state index in [-0.39, 0.29) is 5.91 Å². The number of carbonyl (C=O) groups excluding carboxylic acids is 1. The molecule has 3 rings (SSSR count). The van der Waals surface area contributed by atoms with Gasteiger partial charge in [0.2, 0.25) is 5.88 Å². The lowest BCUT2D eigenvalue weighted by atomic mass is 10.2. The molecule has 6 heteroatoms. The quantitative estimate of drug-likeness (QED) is 0.732. The lowest BCUT2D eigenvalue weighted by Gasteiger charge is -2.07. The number of rotatable bonds is 6. The van der Waals surface area contributed by atoms with E-state index >= 15 is 0 Å². The van der Waals surface area contributed by atoms with E-state index in [2.05, 4.69) is 20.5 Å². The molecular weight excluding hydrogens is 292 g/mol. The number of ether oxygens (including phenoxy) is 1. The van der Waals surface area contributed by atoms with Gasteiger partial charge in [0.05, 0.1) is 17.8 Å². The maximum Gasteiger partial charge on any atom is 0.253 e. The van der Waals surface area contributed by atoms with Crippen LogP contribution in [0, 0.1) is 0 Å². The fourth-order valence-electron chi connectivity index (χ4n) is 1.99. The second-order valence-corrected chi connectivity index (χ2v) is 4.92. The summed E-state index contributed by atoms with van der Waals surface area (Å²) >= 11 is 0. The standard InChI is InChI=1S/C17H16N4O2/c22-17(19-11-15-8-9-20-21-15)14-6-7-16(18-10-14)23-12-13-4-2-1-3-5-13/h1-10H,11-12H2,(H,19,22)(H,20,21). The van der Waals surface area contributed by atoms with Crippen LogP contribution in [0.2, 0.25) is 0 Å². The first-order chi connectivity index (χ1) is 11.3. The van der Waals surface area contributed by atoms with Gasteiger partial charge in [0.25, 0.3) is 5.91 Å². The van der Waals surface area contributed by atoms with E-state index in [4.69, 9.17) is 4.74 Å². The summed E-state index contributed by atoms with van der Waals surface area (Å²) in [4.78, 5) is 16.2. The first-order valence-corrected chi connectivity index (χ1v) is 7.20. The van der Waals surface area contributed by atoms with Crippen molar-refractivity contribution in [1.82, 2.24) is 20.5 Å². The van der Waals surface area contributed by atoms with Gasteiger partial charge in [0, 0.05) is 18.5 Å². The molecule has 0 fully saturated rings. The zero-order chi connectivity index (χ0) is 15.9. The number of nitrogens with zero attached hydrogens (tertiary/aromatic N) is 2. The van der Waals surface area contributed by atoms with E-state index in [1.807, 2.05) is 30.3 Å². The molecule has 0 aliphatic rings. The van der Waals surface area contributed by atoms with E-state index in [0.29, 0.717) is 24.6 Å². The largest absolute Gasteiger partial charge is 0.473 e. The normalized spacial score (nSPS) is 10.3. The molecule has 1 amide bonds. The van der Waals surface area contributed by atoms with Crippen molar-refractivity contribution in [1.29, 1.82) is 0 Å². The zero-order valence-corrected chi connectivity index (χ0v) is 12.4. The van der Waals surface area contributed by atoms with Crippen LogP contribution >= 0.6 is 0 Å². The fraction of sp³-hybridized carbons (Fsp3) is 0.118. The van der Waals surface area contributed by atoms with Gasteiger partial charge in [-0.3, -0.25) is 9.89 Å². The van der Waals surface area contributed by atoms with Crippen LogP contribution in [0.4, 0.5) is 0 Å². The van der Waals surface area contributed by atoms with Crippen LogP contribution in [0.15, 0.2) is 60.9 Å². The minimum absolute atomic E-state index is 0.193. The van der Waals surface area contributed by atoms with E-state index < -0.39 is 0 Å². The summed E-state index contributed by atoms with van der Waals surface area (Å²) in [5, 5.41) is 9.40. The van der Waals surface area contributed by atoms with Gasteiger partial charge < -0.3 is 10.1 Å². The highest BCUT2D eigenvalue weighted by atomic mass is 16.5. The Morgan fingerprint density at radius 1 is 1.13 bits per heavy atom. The third kappa shape index (κ3) is 4.16. The monoisotopic (exact) mass is 308 g/mol. The van der Waals surface area contributed by atoms with Gasteiger partial charge in [-0.15, -0.1) is 0 Å². The van der Waals surface area contributed by atoms with Crippen molar-refractivity contribution < 1.29 is 9.53 Å². The van der Waals surface area contributed by atoms with Gasteiger partial charge in [0.15, 0.2) is 0 Å². The summed E-state index contributed by atoms with van der Waals surface area (Å²) in [5.74, 6) is 0.292. The van der Waals surface area contributed by atoms with Crippen LogP contribution in [-0.4, -0.2) is 21.1 Å². The Hall–Kier alpha value is -3.15. The summed E-state index contributed by atoms with van der Waals surface area (Å²) < 4.78 is 5.59. The maximum absolute atomic E-state index is 12.0. The molecule has 1 aromatic carbocycles. The number of aromatic amines is 1. The van der Waals surface area contributed by atoms with Crippen LogP contribution in [-0.2, 0) is 13.2 Å². The Balaban J connectivity index is 1.53. The van der Waals surface area contributed by atoms with Crippen molar-refractivity contribution in [2.45, 2.75) is 13.2 Å². The van der Waals surface area contributed by atoms with Crippen molar-refractivity contribution in [2.75, 3.05) is 0 Å². The molecule has 2 aromatic heterocycles. The number of carbonyl (C=O) groups is 1. The van der Waals surface area contributed by atoms with Crippen molar-refractivity contribution in [3.63, 3.8) is 0 Å². The number of benzene rings is 1. The van der Waals surface area contributed by atoms with Crippen molar-refractivity contribution in [2.24, 2.45) is 0 Å². The molecular formula is C17H16N4O2. The van der Waals surface area contributed by atoms with Crippen LogP contribution in [0.1, 0.15) is 21.6 Å². The summed E-state index contributed by atoms with van der Waals surface area (Å²) in [6.45, 7) is 0.838. The highest BCUT2D eigenvalue weighted by molar-refractivity contribution is 5.93. The van der Waals surface area contributed by atoms with Crippen LogP contribution in [0.3, 0.4) is 0 Å². The highest BCUT2D eigenvalue weighted by Crippen LogP contribution is 2.10. The molecule has 116 valence electrons. The zero-order valence-electron chi connectivity index (χ0n) is 12.4. The molecule has 0 saturated carbocycles. The Kier molecular flexibility index (Phi) is 4.63. The number of pyridine rings is 1. The molecule has 2 N–H and O–H groups in total. The summed E-state index contributed by atoms with van der Waals surface area (Å²) in [5.41, 5.74) is 2.39. The first-order valence-electron chi connectivity index (χ1n) is 7.20. The maximum atomic E-state index is 12.0. The molecule has 2 heterocycles. The van der Waals surface area contributed by atoms with Crippen LogP contribution in [0.5, 0.6) is 5.88 Å². The predicted octanol–water partition coefficient (Wildman–Crippen LogP) is 2.31. The van der Waals surface area contributed by atoms with Crippen LogP contribution < -0.4 is 10.1 Å². The van der Waals surface area contributed by atoms with Crippen molar-refractivity contribution in [3.8, 4) is 5.88 Å². The molecule has 0 unspecified atom stereocenters. The number of aromatic nitrogens is 3. The molecule has 0 aliphatic carbocycles. The van der Waals surface area contributed by atoms with Gasteiger partial charge >= 0.3 is 0 Å². The molecule has 0 radical (unpaired) electrons. The highest BCUT2D eigenvalue weighted by Gasteiger charge is 2.07. The summed E-state index contributed by atoms with van der Waals surface area (Å²) in [6, 6.07) is 15.0. The van der Waals surface area contributed by atoms with E-state index in [1.54, 1.807) is 24.4 Å². The second-order valence-electron chi connectivity index (χ2n) is 4.92. The Morgan fingerprint density at radius 2 is 2.00 bits per heavy atom. The molecule has 6 nitrogen and oxygen atoms in total. The topological polar surface area (TPSA) is 79.9 Å². The minimum Gasteiger partial charge on any atom is -0.473 e. The lowest BCUT2D eigenvalue weighted by molar-refractivity contribution is 0.0950. The van der Waals surface area contributed by atoms with E-state index in [1.165, 1.54) is 6.20 Å². The van der Waals surface area contributed by atoms with Gasteiger partial charge in [-0.25, -0.2) is 4.98 Å². The van der Waals surface area contributed by atoms with Gasteiger partial charge in [0.1, 0.15) is 6.61 Å².